The van der Waals surface area contributed by atoms with E-state index in [9.17, 15) is 0 Å². The van der Waals surface area contributed by atoms with Crippen LogP contribution in [0.4, 0.5) is 0 Å². The van der Waals surface area contributed by atoms with Gasteiger partial charge in [0.1, 0.15) is 0 Å². The van der Waals surface area contributed by atoms with Crippen molar-refractivity contribution in [2.24, 2.45) is 11.3 Å². The molecule has 1 heterocycles. The van der Waals surface area contributed by atoms with Crippen molar-refractivity contribution in [2.45, 2.75) is 26.2 Å². The molecule has 1 aromatic rings. The quantitative estimate of drug-likeness (QED) is 0.770. The molecule has 5 heteroatoms. The molecule has 0 saturated heterocycles. The zero-order valence-corrected chi connectivity index (χ0v) is 9.73. The maximum atomic E-state index is 8.96. The Morgan fingerprint density at radius 1 is 1.56 bits per heavy atom. The van der Waals surface area contributed by atoms with Crippen molar-refractivity contribution in [2.75, 3.05) is 13.7 Å². The molecule has 0 bridgehead atoms. The zero-order chi connectivity index (χ0) is 11.8. The number of ether oxygens (including phenoxy) is 1. The van der Waals surface area contributed by atoms with Crippen LogP contribution < -0.4 is 0 Å². The lowest BCUT2D eigenvalue weighted by Crippen LogP contribution is -1.96. The molecule has 16 heavy (non-hydrogen) atoms. The first kappa shape index (κ1) is 11.1. The molecule has 5 nitrogen and oxygen atoms in total. The number of nitriles is 1. The molecule has 2 rings (SSSR count). The summed E-state index contributed by atoms with van der Waals surface area (Å²) in [6.45, 7) is 4.67. The summed E-state index contributed by atoms with van der Waals surface area (Å²) in [6.07, 6.45) is 0.643. The first-order valence-electron chi connectivity index (χ1n) is 5.32. The van der Waals surface area contributed by atoms with E-state index in [1.807, 2.05) is 13.8 Å². The minimum absolute atomic E-state index is 0.0109. The van der Waals surface area contributed by atoms with Gasteiger partial charge in [0.15, 0.2) is 5.82 Å². The lowest BCUT2D eigenvalue weighted by Gasteiger charge is -1.95. The SMILES string of the molecule is COCCc1noc(C2C(C#N)C2(C)C)n1. The highest BCUT2D eigenvalue weighted by Crippen LogP contribution is 2.63. The largest absolute Gasteiger partial charge is 0.384 e. The van der Waals surface area contributed by atoms with Crippen molar-refractivity contribution in [3.63, 3.8) is 0 Å². The summed E-state index contributed by atoms with van der Waals surface area (Å²) in [7, 11) is 1.64. The fourth-order valence-electron chi connectivity index (χ4n) is 2.03. The highest BCUT2D eigenvalue weighted by Gasteiger charge is 2.62. The van der Waals surface area contributed by atoms with Crippen molar-refractivity contribution >= 4 is 0 Å². The Bertz CT molecular complexity index is 419. The molecule has 0 N–H and O–H groups in total. The Balaban J connectivity index is 2.07. The van der Waals surface area contributed by atoms with E-state index in [2.05, 4.69) is 16.2 Å². The van der Waals surface area contributed by atoms with Gasteiger partial charge in [-0.1, -0.05) is 19.0 Å². The van der Waals surface area contributed by atoms with Crippen LogP contribution in [0.2, 0.25) is 0 Å². The van der Waals surface area contributed by atoms with Crippen LogP contribution in [0, 0.1) is 22.7 Å². The van der Waals surface area contributed by atoms with Crippen molar-refractivity contribution in [1.82, 2.24) is 10.1 Å². The van der Waals surface area contributed by atoms with Gasteiger partial charge in [0, 0.05) is 13.5 Å². The Morgan fingerprint density at radius 2 is 2.31 bits per heavy atom. The van der Waals surface area contributed by atoms with E-state index in [4.69, 9.17) is 14.5 Å². The van der Waals surface area contributed by atoms with Gasteiger partial charge in [-0.05, 0) is 5.41 Å². The number of hydrogen-bond donors (Lipinski definition) is 0. The van der Waals surface area contributed by atoms with E-state index in [1.54, 1.807) is 7.11 Å². The normalized spacial score (nSPS) is 26.4. The van der Waals surface area contributed by atoms with Gasteiger partial charge in [-0.3, -0.25) is 0 Å². The summed E-state index contributed by atoms with van der Waals surface area (Å²) in [5.41, 5.74) is -0.0419. The lowest BCUT2D eigenvalue weighted by atomic mass is 10.1. The Labute approximate surface area is 94.4 Å². The molecule has 0 spiro atoms. The van der Waals surface area contributed by atoms with Crippen LogP contribution in [-0.2, 0) is 11.2 Å². The highest BCUT2D eigenvalue weighted by atomic mass is 16.5. The molecule has 0 aliphatic heterocycles. The molecular weight excluding hydrogens is 206 g/mol. The summed E-state index contributed by atoms with van der Waals surface area (Å²) >= 11 is 0. The molecule has 1 aromatic heterocycles. The van der Waals surface area contributed by atoms with Gasteiger partial charge in [0.25, 0.3) is 0 Å². The van der Waals surface area contributed by atoms with Gasteiger partial charge in [-0.15, -0.1) is 0 Å². The van der Waals surface area contributed by atoms with Crippen LogP contribution in [0.25, 0.3) is 0 Å². The molecule has 0 radical (unpaired) electrons. The first-order valence-corrected chi connectivity index (χ1v) is 5.32. The molecule has 1 fully saturated rings. The second kappa shape index (κ2) is 3.87. The number of hydrogen-bond acceptors (Lipinski definition) is 5. The predicted molar refractivity (Wildman–Crippen MR) is 55.5 cm³/mol. The van der Waals surface area contributed by atoms with Gasteiger partial charge in [-0.2, -0.15) is 10.2 Å². The van der Waals surface area contributed by atoms with Crippen LogP contribution in [0.15, 0.2) is 4.52 Å². The number of methoxy groups -OCH3 is 1. The molecule has 86 valence electrons. The Morgan fingerprint density at radius 3 is 2.88 bits per heavy atom. The standard InChI is InChI=1S/C11H15N3O2/c1-11(2)7(6-12)9(11)10-13-8(14-16-10)4-5-15-3/h7,9H,4-5H2,1-3H3. The van der Waals surface area contributed by atoms with E-state index >= 15 is 0 Å². The van der Waals surface area contributed by atoms with Crippen LogP contribution in [0.1, 0.15) is 31.5 Å². The second-order valence-electron chi connectivity index (χ2n) is 4.70. The Kier molecular flexibility index (Phi) is 2.68. The van der Waals surface area contributed by atoms with E-state index in [0.717, 1.165) is 0 Å². The molecule has 1 aliphatic rings. The van der Waals surface area contributed by atoms with Crippen molar-refractivity contribution in [1.29, 1.82) is 5.26 Å². The minimum Gasteiger partial charge on any atom is -0.384 e. The van der Waals surface area contributed by atoms with E-state index in [-0.39, 0.29) is 17.3 Å². The van der Waals surface area contributed by atoms with Gasteiger partial charge < -0.3 is 9.26 Å². The van der Waals surface area contributed by atoms with E-state index in [0.29, 0.717) is 24.7 Å². The molecule has 1 saturated carbocycles. The van der Waals surface area contributed by atoms with Gasteiger partial charge in [0.05, 0.1) is 24.5 Å². The zero-order valence-electron chi connectivity index (χ0n) is 9.73. The molecular formula is C11H15N3O2. The summed E-state index contributed by atoms with van der Waals surface area (Å²) in [5, 5.41) is 12.8. The lowest BCUT2D eigenvalue weighted by molar-refractivity contribution is 0.199. The topological polar surface area (TPSA) is 71.9 Å². The maximum Gasteiger partial charge on any atom is 0.231 e. The van der Waals surface area contributed by atoms with Gasteiger partial charge >= 0.3 is 0 Å². The van der Waals surface area contributed by atoms with Crippen LogP contribution in [0.3, 0.4) is 0 Å². The number of nitrogens with zero attached hydrogens (tertiary/aromatic N) is 3. The molecule has 2 atom stereocenters. The number of aromatic nitrogens is 2. The monoisotopic (exact) mass is 221 g/mol. The molecule has 2 unspecified atom stereocenters. The minimum atomic E-state index is -0.0419. The second-order valence-corrected chi connectivity index (χ2v) is 4.70. The highest BCUT2D eigenvalue weighted by molar-refractivity contribution is 5.26. The number of rotatable bonds is 4. The third kappa shape index (κ3) is 1.69. The molecule has 1 aliphatic carbocycles. The third-order valence-electron chi connectivity index (χ3n) is 3.25. The fraction of sp³-hybridized carbons (Fsp3) is 0.727. The maximum absolute atomic E-state index is 8.96. The predicted octanol–water partition coefficient (Wildman–Crippen LogP) is 1.52. The van der Waals surface area contributed by atoms with Crippen LogP contribution in [-0.4, -0.2) is 23.9 Å². The average Bonchev–Trinajstić information content (AvgIpc) is 2.63. The third-order valence-corrected chi connectivity index (χ3v) is 3.25. The smallest absolute Gasteiger partial charge is 0.231 e. The molecule has 0 aromatic carbocycles. The fourth-order valence-corrected chi connectivity index (χ4v) is 2.03. The van der Waals surface area contributed by atoms with Crippen molar-refractivity contribution in [3.05, 3.63) is 11.7 Å². The summed E-state index contributed by atoms with van der Waals surface area (Å²) in [5.74, 6) is 1.31. The van der Waals surface area contributed by atoms with Crippen molar-refractivity contribution < 1.29 is 9.26 Å². The molecule has 0 amide bonds. The first-order chi connectivity index (χ1) is 7.61. The summed E-state index contributed by atoms with van der Waals surface area (Å²) in [4.78, 5) is 4.29. The van der Waals surface area contributed by atoms with E-state index < -0.39 is 0 Å². The Hall–Kier alpha value is -1.41. The van der Waals surface area contributed by atoms with Gasteiger partial charge in [-0.25, -0.2) is 0 Å². The van der Waals surface area contributed by atoms with E-state index in [1.165, 1.54) is 0 Å². The summed E-state index contributed by atoms with van der Waals surface area (Å²) < 4.78 is 10.1. The average molecular weight is 221 g/mol. The van der Waals surface area contributed by atoms with Crippen LogP contribution >= 0.6 is 0 Å². The van der Waals surface area contributed by atoms with Crippen molar-refractivity contribution in [3.8, 4) is 6.07 Å². The summed E-state index contributed by atoms with van der Waals surface area (Å²) in [6, 6.07) is 2.28. The van der Waals surface area contributed by atoms with Gasteiger partial charge in [0.2, 0.25) is 5.89 Å². The van der Waals surface area contributed by atoms with Crippen LogP contribution in [0.5, 0.6) is 0 Å².